The first-order valence-corrected chi connectivity index (χ1v) is 8.89. The molecule has 8 heteroatoms. The lowest BCUT2D eigenvalue weighted by Crippen LogP contribution is -2.29. The summed E-state index contributed by atoms with van der Waals surface area (Å²) < 4.78 is 20.7. The SMILES string of the molecule is COc1cc(C(=O)[C@H]2COC[C@@H]2C(=O)c2cc(OC)c(O)c(OC)c2)ccc1O. The molecule has 1 saturated heterocycles. The molecular weight excluding hydrogens is 380 g/mol. The van der Waals surface area contributed by atoms with Crippen molar-refractivity contribution in [2.45, 2.75) is 0 Å². The van der Waals surface area contributed by atoms with Crippen molar-refractivity contribution in [1.82, 2.24) is 0 Å². The molecule has 1 heterocycles. The number of ether oxygens (including phenoxy) is 4. The highest BCUT2D eigenvalue weighted by Crippen LogP contribution is 2.39. The summed E-state index contributed by atoms with van der Waals surface area (Å²) in [6, 6.07) is 7.10. The van der Waals surface area contributed by atoms with Crippen LogP contribution in [0.4, 0.5) is 0 Å². The molecule has 0 unspecified atom stereocenters. The van der Waals surface area contributed by atoms with Crippen LogP contribution in [0.5, 0.6) is 28.7 Å². The Bertz CT molecular complexity index is 911. The third-order valence-corrected chi connectivity index (χ3v) is 4.98. The number of methoxy groups -OCH3 is 3. The van der Waals surface area contributed by atoms with Gasteiger partial charge in [0.25, 0.3) is 0 Å². The minimum absolute atomic E-state index is 0.0809. The summed E-state index contributed by atoms with van der Waals surface area (Å²) in [6.07, 6.45) is 0. The molecule has 1 aliphatic heterocycles. The fourth-order valence-corrected chi connectivity index (χ4v) is 3.37. The van der Waals surface area contributed by atoms with Crippen molar-refractivity contribution >= 4 is 11.6 Å². The molecule has 29 heavy (non-hydrogen) atoms. The van der Waals surface area contributed by atoms with Gasteiger partial charge in [-0.1, -0.05) is 0 Å². The number of hydrogen-bond donors (Lipinski definition) is 2. The Morgan fingerprint density at radius 2 is 1.31 bits per heavy atom. The van der Waals surface area contributed by atoms with E-state index in [0.717, 1.165) is 0 Å². The van der Waals surface area contributed by atoms with E-state index in [4.69, 9.17) is 18.9 Å². The fourth-order valence-electron chi connectivity index (χ4n) is 3.37. The molecule has 2 N–H and O–H groups in total. The number of aromatic hydroxyl groups is 2. The van der Waals surface area contributed by atoms with Crippen LogP contribution in [0.2, 0.25) is 0 Å². The van der Waals surface area contributed by atoms with E-state index in [-0.39, 0.29) is 59.1 Å². The molecule has 0 aromatic heterocycles. The summed E-state index contributed by atoms with van der Waals surface area (Å²) in [6.45, 7) is 0.195. The third kappa shape index (κ3) is 3.84. The summed E-state index contributed by atoms with van der Waals surface area (Å²) in [7, 11) is 4.12. The van der Waals surface area contributed by atoms with Gasteiger partial charge in [-0.25, -0.2) is 0 Å². The first-order chi connectivity index (χ1) is 13.9. The molecule has 1 aliphatic rings. The second kappa shape index (κ2) is 8.40. The molecule has 0 radical (unpaired) electrons. The highest BCUT2D eigenvalue weighted by molar-refractivity contribution is 6.06. The minimum Gasteiger partial charge on any atom is -0.504 e. The van der Waals surface area contributed by atoms with Gasteiger partial charge in [-0.15, -0.1) is 0 Å². The number of Topliss-reactive ketones (excluding diaryl/α,β-unsaturated/α-hetero) is 2. The largest absolute Gasteiger partial charge is 0.504 e. The third-order valence-electron chi connectivity index (χ3n) is 4.98. The van der Waals surface area contributed by atoms with Gasteiger partial charge in [-0.3, -0.25) is 9.59 Å². The van der Waals surface area contributed by atoms with Crippen LogP contribution in [-0.4, -0.2) is 56.3 Å². The van der Waals surface area contributed by atoms with Crippen molar-refractivity contribution in [2.75, 3.05) is 34.5 Å². The van der Waals surface area contributed by atoms with Gasteiger partial charge >= 0.3 is 0 Å². The highest BCUT2D eigenvalue weighted by atomic mass is 16.5. The van der Waals surface area contributed by atoms with Gasteiger partial charge in [-0.05, 0) is 30.3 Å². The van der Waals surface area contributed by atoms with Gasteiger partial charge in [0.1, 0.15) is 0 Å². The van der Waals surface area contributed by atoms with Gasteiger partial charge in [0.2, 0.25) is 5.75 Å². The van der Waals surface area contributed by atoms with Crippen LogP contribution in [0.3, 0.4) is 0 Å². The summed E-state index contributed by atoms with van der Waals surface area (Å²) in [5.74, 6) is -1.93. The van der Waals surface area contributed by atoms with E-state index in [2.05, 4.69) is 0 Å². The zero-order valence-corrected chi connectivity index (χ0v) is 16.3. The second-order valence-corrected chi connectivity index (χ2v) is 6.59. The molecule has 1 fully saturated rings. The summed E-state index contributed by atoms with van der Waals surface area (Å²) in [5, 5.41) is 19.8. The quantitative estimate of drug-likeness (QED) is 0.680. The topological polar surface area (TPSA) is 112 Å². The van der Waals surface area contributed by atoms with Gasteiger partial charge < -0.3 is 29.2 Å². The number of carbonyl (C=O) groups is 2. The maximum absolute atomic E-state index is 13.1. The summed E-state index contributed by atoms with van der Waals surface area (Å²) in [5.41, 5.74) is 0.557. The van der Waals surface area contributed by atoms with Crippen molar-refractivity contribution < 1.29 is 38.7 Å². The Morgan fingerprint density at radius 1 is 0.828 bits per heavy atom. The maximum Gasteiger partial charge on any atom is 0.200 e. The normalized spacial score (nSPS) is 18.3. The number of carbonyl (C=O) groups excluding carboxylic acids is 2. The van der Waals surface area contributed by atoms with Crippen LogP contribution in [0.25, 0.3) is 0 Å². The number of ketones is 2. The van der Waals surface area contributed by atoms with Gasteiger partial charge in [0, 0.05) is 11.1 Å². The molecule has 154 valence electrons. The predicted molar refractivity (Wildman–Crippen MR) is 102 cm³/mol. The molecule has 2 atom stereocenters. The summed E-state index contributed by atoms with van der Waals surface area (Å²) in [4.78, 5) is 26.1. The zero-order chi connectivity index (χ0) is 21.1. The Balaban J connectivity index is 1.91. The van der Waals surface area contributed by atoms with Crippen molar-refractivity contribution in [3.63, 3.8) is 0 Å². The summed E-state index contributed by atoms with van der Waals surface area (Å²) >= 11 is 0. The van der Waals surface area contributed by atoms with Crippen LogP contribution in [-0.2, 0) is 4.74 Å². The van der Waals surface area contributed by atoms with Crippen molar-refractivity contribution in [2.24, 2.45) is 11.8 Å². The molecule has 0 aliphatic carbocycles. The van der Waals surface area contributed by atoms with E-state index in [9.17, 15) is 19.8 Å². The Hall–Kier alpha value is -3.26. The number of rotatable bonds is 7. The van der Waals surface area contributed by atoms with E-state index in [1.165, 1.54) is 51.7 Å². The second-order valence-electron chi connectivity index (χ2n) is 6.59. The predicted octanol–water partition coefficient (Wildman–Crippen LogP) is 2.45. The average molecular weight is 402 g/mol. The van der Waals surface area contributed by atoms with Gasteiger partial charge in [0.15, 0.2) is 34.6 Å². The van der Waals surface area contributed by atoms with Gasteiger partial charge in [0.05, 0.1) is 46.4 Å². The minimum atomic E-state index is -0.707. The van der Waals surface area contributed by atoms with Crippen LogP contribution in [0, 0.1) is 11.8 Å². The Kier molecular flexibility index (Phi) is 5.93. The van der Waals surface area contributed by atoms with Crippen molar-refractivity contribution in [3.05, 3.63) is 41.5 Å². The van der Waals surface area contributed by atoms with Crippen molar-refractivity contribution in [3.8, 4) is 28.7 Å². The smallest absolute Gasteiger partial charge is 0.200 e. The monoisotopic (exact) mass is 402 g/mol. The maximum atomic E-state index is 13.1. The number of phenolic OH excluding ortho intramolecular Hbond substituents is 2. The van der Waals surface area contributed by atoms with E-state index >= 15 is 0 Å². The zero-order valence-electron chi connectivity index (χ0n) is 16.3. The average Bonchev–Trinajstić information content (AvgIpc) is 3.23. The Labute approximate surface area is 167 Å². The van der Waals surface area contributed by atoms with Crippen LogP contribution >= 0.6 is 0 Å². The molecule has 0 spiro atoms. The first kappa shape index (κ1) is 20.5. The Morgan fingerprint density at radius 3 is 1.83 bits per heavy atom. The standard InChI is InChI=1S/C21H22O8/c1-26-16-6-11(4-5-15(16)22)19(23)13-9-29-10-14(13)20(24)12-7-17(27-2)21(25)18(8-12)28-3/h4-8,13-14,22,25H,9-10H2,1-3H3/t13-,14-/m0/s1. The van der Waals surface area contributed by atoms with Crippen molar-refractivity contribution in [1.29, 1.82) is 0 Å². The van der Waals surface area contributed by atoms with E-state index < -0.39 is 11.8 Å². The molecule has 3 rings (SSSR count). The molecule has 2 aromatic carbocycles. The molecule has 8 nitrogen and oxygen atoms in total. The molecule has 0 saturated carbocycles. The number of hydrogen-bond acceptors (Lipinski definition) is 8. The van der Waals surface area contributed by atoms with Crippen LogP contribution in [0.15, 0.2) is 30.3 Å². The molecule has 0 bridgehead atoms. The van der Waals surface area contributed by atoms with Crippen LogP contribution in [0.1, 0.15) is 20.7 Å². The fraction of sp³-hybridized carbons (Fsp3) is 0.333. The van der Waals surface area contributed by atoms with E-state index in [0.29, 0.717) is 5.56 Å². The number of benzene rings is 2. The van der Waals surface area contributed by atoms with Gasteiger partial charge in [-0.2, -0.15) is 0 Å². The van der Waals surface area contributed by atoms with E-state index in [1.54, 1.807) is 0 Å². The first-order valence-electron chi connectivity index (χ1n) is 8.89. The molecular formula is C21H22O8. The molecule has 2 aromatic rings. The molecule has 0 amide bonds. The van der Waals surface area contributed by atoms with Crippen LogP contribution < -0.4 is 14.2 Å². The lowest BCUT2D eigenvalue weighted by molar-refractivity contribution is 0.0808. The van der Waals surface area contributed by atoms with E-state index in [1.807, 2.05) is 0 Å². The highest BCUT2D eigenvalue weighted by Gasteiger charge is 2.40. The lowest BCUT2D eigenvalue weighted by atomic mass is 9.83. The lowest BCUT2D eigenvalue weighted by Gasteiger charge is -2.17. The number of phenols is 2.